The van der Waals surface area contributed by atoms with Gasteiger partial charge in [0.05, 0.1) is 6.54 Å². The highest BCUT2D eigenvalue weighted by Crippen LogP contribution is 2.49. The number of rotatable bonds is 6. The maximum Gasteiger partial charge on any atom is 0.323 e. The first-order chi connectivity index (χ1) is 10.3. The van der Waals surface area contributed by atoms with Crippen LogP contribution in [0.1, 0.15) is 19.3 Å². The molecule has 4 atom stereocenters. The summed E-state index contributed by atoms with van der Waals surface area (Å²) in [6, 6.07) is 0. The Bertz CT molecular complexity index is 448. The summed E-state index contributed by atoms with van der Waals surface area (Å²) in [5.41, 5.74) is 10.4. The normalized spacial score (nSPS) is 33.8. The lowest BCUT2D eigenvalue weighted by Crippen LogP contribution is -2.53. The molecule has 22 heavy (non-hydrogen) atoms. The highest BCUT2D eigenvalue weighted by Gasteiger charge is 2.58. The van der Waals surface area contributed by atoms with Gasteiger partial charge in [0.25, 0.3) is 6.92 Å². The Kier molecular flexibility index (Phi) is 5.14. The number of carbonyl (C=O) groups is 2. The summed E-state index contributed by atoms with van der Waals surface area (Å²) in [4.78, 5) is 25.2. The van der Waals surface area contributed by atoms with Gasteiger partial charge < -0.3 is 26.5 Å². The number of carbonyl (C=O) groups excluding carboxylic acids is 1. The van der Waals surface area contributed by atoms with Crippen LogP contribution in [0.2, 0.25) is 13.1 Å². The van der Waals surface area contributed by atoms with Crippen molar-refractivity contribution in [2.75, 3.05) is 19.6 Å². The number of carboxylic acid groups (broad SMARTS) is 1. The van der Waals surface area contributed by atoms with E-state index in [0.717, 1.165) is 6.42 Å². The minimum Gasteiger partial charge on any atom is -0.480 e. The predicted octanol–water partition coefficient (Wildman–Crippen LogP) is -0.784. The van der Waals surface area contributed by atoms with E-state index in [9.17, 15) is 19.7 Å². The van der Waals surface area contributed by atoms with Gasteiger partial charge in [-0.05, 0) is 36.9 Å². The molecule has 2 rings (SSSR count). The third-order valence-corrected chi connectivity index (χ3v) is 5.33. The van der Waals surface area contributed by atoms with Crippen LogP contribution in [-0.2, 0) is 9.59 Å². The molecule has 1 aliphatic carbocycles. The second-order valence-corrected chi connectivity index (χ2v) is 6.86. The second kappa shape index (κ2) is 6.56. The van der Waals surface area contributed by atoms with Crippen molar-refractivity contribution in [3.05, 3.63) is 0 Å². The van der Waals surface area contributed by atoms with Gasteiger partial charge in [-0.2, -0.15) is 0 Å². The summed E-state index contributed by atoms with van der Waals surface area (Å²) in [5, 5.41) is 18.9. The summed E-state index contributed by atoms with van der Waals surface area (Å²) in [6.45, 7) is 2.42. The van der Waals surface area contributed by atoms with Crippen LogP contribution in [0.3, 0.4) is 0 Å². The lowest BCUT2D eigenvalue weighted by atomic mass is 9.65. The smallest absolute Gasteiger partial charge is 0.323 e. The van der Waals surface area contributed by atoms with Gasteiger partial charge in [-0.3, -0.25) is 9.59 Å². The van der Waals surface area contributed by atoms with Gasteiger partial charge in [-0.1, -0.05) is 13.2 Å². The van der Waals surface area contributed by atoms with Crippen molar-refractivity contribution in [2.45, 2.75) is 37.9 Å². The van der Waals surface area contributed by atoms with E-state index in [0.29, 0.717) is 32.3 Å². The Morgan fingerprint density at radius 3 is 2.64 bits per heavy atom. The Morgan fingerprint density at radius 2 is 2.09 bits per heavy atom. The molecule has 0 aromatic rings. The molecule has 2 aliphatic rings. The number of carboxylic acids is 1. The van der Waals surface area contributed by atoms with Crippen LogP contribution < -0.4 is 11.5 Å². The topological polar surface area (TPSA) is 130 Å². The van der Waals surface area contributed by atoms with Crippen molar-refractivity contribution in [3.63, 3.8) is 0 Å². The van der Waals surface area contributed by atoms with Crippen LogP contribution in [0.15, 0.2) is 0 Å². The molecule has 0 spiro atoms. The van der Waals surface area contributed by atoms with Crippen LogP contribution in [0.25, 0.3) is 0 Å². The maximum absolute atomic E-state index is 11.8. The van der Waals surface area contributed by atoms with E-state index in [1.807, 2.05) is 0 Å². The molecule has 1 amide bonds. The summed E-state index contributed by atoms with van der Waals surface area (Å²) in [5.74, 6) is -0.959. The SMILES string of the molecule is CB(O)CCCC1C2CN(C(=O)CN)CC2CC1(N)C(=O)O. The summed E-state index contributed by atoms with van der Waals surface area (Å²) >= 11 is 0. The lowest BCUT2D eigenvalue weighted by Gasteiger charge is -2.31. The fourth-order valence-electron chi connectivity index (χ4n) is 4.22. The molecule has 8 heteroatoms. The zero-order valence-corrected chi connectivity index (χ0v) is 13.1. The van der Waals surface area contributed by atoms with Gasteiger partial charge in [0.15, 0.2) is 0 Å². The first kappa shape index (κ1) is 17.2. The van der Waals surface area contributed by atoms with E-state index >= 15 is 0 Å². The number of fused-ring (bicyclic) bond motifs is 1. The molecule has 2 fully saturated rings. The van der Waals surface area contributed by atoms with Crippen LogP contribution >= 0.6 is 0 Å². The molecule has 4 unspecified atom stereocenters. The average Bonchev–Trinajstić information content (AvgIpc) is 2.95. The molecular formula is C14H26BN3O4. The van der Waals surface area contributed by atoms with Crippen molar-refractivity contribution in [2.24, 2.45) is 29.2 Å². The standard InChI is InChI=1S/C14H26BN3O4/c1-15(22)4-2-3-11-10-8-18(12(19)6-16)7-9(10)5-14(11,17)13(20)21/h9-11,22H,2-8,16-17H2,1H3,(H,20,21). The van der Waals surface area contributed by atoms with Crippen LogP contribution in [0.5, 0.6) is 0 Å². The molecule has 1 saturated carbocycles. The number of hydrogen-bond donors (Lipinski definition) is 4. The van der Waals surface area contributed by atoms with Crippen molar-refractivity contribution >= 4 is 18.8 Å². The first-order valence-electron chi connectivity index (χ1n) is 7.97. The summed E-state index contributed by atoms with van der Waals surface area (Å²) in [7, 11) is 0. The Balaban J connectivity index is 2.09. The van der Waals surface area contributed by atoms with Gasteiger partial charge in [0.1, 0.15) is 5.54 Å². The summed E-state index contributed by atoms with van der Waals surface area (Å²) in [6.07, 6.45) is 2.44. The van der Waals surface area contributed by atoms with Crippen molar-refractivity contribution in [1.29, 1.82) is 0 Å². The second-order valence-electron chi connectivity index (χ2n) is 6.86. The molecule has 1 aliphatic heterocycles. The van der Waals surface area contributed by atoms with Crippen molar-refractivity contribution in [3.8, 4) is 0 Å². The number of amides is 1. The Labute approximate surface area is 131 Å². The van der Waals surface area contributed by atoms with E-state index in [1.54, 1.807) is 11.7 Å². The largest absolute Gasteiger partial charge is 0.480 e. The van der Waals surface area contributed by atoms with Gasteiger partial charge in [-0.25, -0.2) is 0 Å². The molecule has 124 valence electrons. The Morgan fingerprint density at radius 1 is 1.41 bits per heavy atom. The maximum atomic E-state index is 11.8. The third-order valence-electron chi connectivity index (χ3n) is 5.33. The number of nitrogens with two attached hydrogens (primary N) is 2. The van der Waals surface area contributed by atoms with Crippen molar-refractivity contribution in [1.82, 2.24) is 4.90 Å². The monoisotopic (exact) mass is 311 g/mol. The molecule has 0 bridgehead atoms. The average molecular weight is 311 g/mol. The number of hydrogen-bond acceptors (Lipinski definition) is 5. The van der Waals surface area contributed by atoms with Crippen LogP contribution in [0.4, 0.5) is 0 Å². The molecular weight excluding hydrogens is 285 g/mol. The number of likely N-dealkylation sites (tertiary alicyclic amines) is 1. The number of nitrogens with zero attached hydrogens (tertiary/aromatic N) is 1. The van der Waals surface area contributed by atoms with E-state index in [2.05, 4.69) is 0 Å². The highest BCUT2D eigenvalue weighted by molar-refractivity contribution is 6.48. The molecule has 1 saturated heterocycles. The number of aliphatic carboxylic acids is 1. The molecule has 0 radical (unpaired) electrons. The minimum atomic E-state index is -1.22. The quantitative estimate of drug-likeness (QED) is 0.476. The zero-order chi connectivity index (χ0) is 16.5. The van der Waals surface area contributed by atoms with Gasteiger partial charge in [0, 0.05) is 13.1 Å². The van der Waals surface area contributed by atoms with Crippen molar-refractivity contribution < 1.29 is 19.7 Å². The van der Waals surface area contributed by atoms with Crippen LogP contribution in [-0.4, -0.2) is 59.0 Å². The van der Waals surface area contributed by atoms with Gasteiger partial charge in [0.2, 0.25) is 5.91 Å². The molecule has 6 N–H and O–H groups in total. The van der Waals surface area contributed by atoms with Gasteiger partial charge in [-0.15, -0.1) is 0 Å². The Hall–Kier alpha value is -1.12. The highest BCUT2D eigenvalue weighted by atomic mass is 16.4. The van der Waals surface area contributed by atoms with E-state index in [-0.39, 0.29) is 30.2 Å². The molecule has 0 aromatic carbocycles. The fraction of sp³-hybridized carbons (Fsp3) is 0.857. The van der Waals surface area contributed by atoms with Crippen LogP contribution in [0, 0.1) is 17.8 Å². The lowest BCUT2D eigenvalue weighted by molar-refractivity contribution is -0.145. The molecule has 1 heterocycles. The first-order valence-corrected chi connectivity index (χ1v) is 7.97. The minimum absolute atomic E-state index is 0.0150. The van der Waals surface area contributed by atoms with E-state index in [4.69, 9.17) is 11.5 Å². The summed E-state index contributed by atoms with van der Waals surface area (Å²) < 4.78 is 0. The third kappa shape index (κ3) is 3.14. The predicted molar refractivity (Wildman–Crippen MR) is 83.2 cm³/mol. The molecule has 7 nitrogen and oxygen atoms in total. The van der Waals surface area contributed by atoms with E-state index < -0.39 is 18.4 Å². The van der Waals surface area contributed by atoms with Gasteiger partial charge >= 0.3 is 5.97 Å². The molecule has 0 aromatic heterocycles. The zero-order valence-electron chi connectivity index (χ0n) is 13.1. The fourth-order valence-corrected chi connectivity index (χ4v) is 4.22. The van der Waals surface area contributed by atoms with E-state index in [1.165, 1.54) is 0 Å².